The average molecular weight is 337 g/mol. The molecule has 2 rings (SSSR count). The van der Waals surface area contributed by atoms with Gasteiger partial charge in [-0.25, -0.2) is 12.8 Å². The van der Waals surface area contributed by atoms with Gasteiger partial charge in [0, 0.05) is 0 Å². The molecule has 5 nitrogen and oxygen atoms in total. The number of esters is 1. The van der Waals surface area contributed by atoms with Crippen LogP contribution in [0, 0.1) is 19.7 Å². The second-order valence-electron chi connectivity index (χ2n) is 5.02. The van der Waals surface area contributed by atoms with Crippen molar-refractivity contribution < 1.29 is 22.3 Å². The molecule has 0 heterocycles. The molecule has 0 amide bonds. The number of benzene rings is 2. The molecule has 122 valence electrons. The zero-order valence-corrected chi connectivity index (χ0v) is 13.5. The molecule has 0 aliphatic heterocycles. The van der Waals surface area contributed by atoms with Gasteiger partial charge < -0.3 is 4.74 Å². The fourth-order valence-corrected chi connectivity index (χ4v) is 3.19. The third kappa shape index (κ3) is 4.61. The van der Waals surface area contributed by atoms with Crippen molar-refractivity contribution in [2.45, 2.75) is 18.7 Å². The molecular weight excluding hydrogens is 321 g/mol. The minimum absolute atomic E-state index is 0.0812. The summed E-state index contributed by atoms with van der Waals surface area (Å²) in [6.07, 6.45) is 0. The fourth-order valence-electron chi connectivity index (χ4n) is 1.99. The summed E-state index contributed by atoms with van der Waals surface area (Å²) in [5.41, 5.74) is 1.17. The van der Waals surface area contributed by atoms with Crippen LogP contribution in [0.2, 0.25) is 0 Å². The van der Waals surface area contributed by atoms with Gasteiger partial charge in [-0.05, 0) is 55.3 Å². The predicted octanol–water partition coefficient (Wildman–Crippen LogP) is 2.33. The zero-order chi connectivity index (χ0) is 17.0. The Morgan fingerprint density at radius 2 is 1.91 bits per heavy atom. The number of aryl methyl sites for hydroxylation is 2. The van der Waals surface area contributed by atoms with Crippen LogP contribution in [0.1, 0.15) is 11.1 Å². The fraction of sp³-hybridized carbons (Fsp3) is 0.188. The number of carbonyl (C=O) groups is 1. The molecule has 0 fully saturated rings. The summed E-state index contributed by atoms with van der Waals surface area (Å²) in [5, 5.41) is 0. The summed E-state index contributed by atoms with van der Waals surface area (Å²) in [6, 6.07) is 10.1. The maximum absolute atomic E-state index is 13.0. The van der Waals surface area contributed by atoms with Crippen LogP contribution in [-0.4, -0.2) is 20.9 Å². The Bertz CT molecular complexity index is 834. The lowest BCUT2D eigenvalue weighted by Gasteiger charge is -2.09. The first-order valence-electron chi connectivity index (χ1n) is 6.81. The molecule has 0 spiro atoms. The number of hydrogen-bond donors (Lipinski definition) is 1. The number of carbonyl (C=O) groups excluding carboxylic acids is 1. The van der Waals surface area contributed by atoms with Gasteiger partial charge in [0.25, 0.3) is 0 Å². The third-order valence-electron chi connectivity index (χ3n) is 3.05. The SMILES string of the molecule is Cc1cccc(OC(=O)CNS(=O)(=O)c2ccc(F)cc2C)c1. The highest BCUT2D eigenvalue weighted by Gasteiger charge is 2.19. The van der Waals surface area contributed by atoms with Gasteiger partial charge in [0.2, 0.25) is 10.0 Å². The molecule has 0 aromatic heterocycles. The van der Waals surface area contributed by atoms with Crippen molar-refractivity contribution in [2.75, 3.05) is 6.54 Å². The van der Waals surface area contributed by atoms with Crippen LogP contribution in [0.4, 0.5) is 4.39 Å². The first kappa shape index (κ1) is 17.1. The minimum atomic E-state index is -3.92. The highest BCUT2D eigenvalue weighted by atomic mass is 32.2. The molecule has 0 unspecified atom stereocenters. The molecule has 2 aromatic rings. The number of halogens is 1. The van der Waals surface area contributed by atoms with E-state index < -0.39 is 28.4 Å². The topological polar surface area (TPSA) is 72.5 Å². The predicted molar refractivity (Wildman–Crippen MR) is 83.1 cm³/mol. The standard InChI is InChI=1S/C16H16FNO4S/c1-11-4-3-5-14(8-11)22-16(19)10-18-23(20,21)15-7-6-13(17)9-12(15)2/h3-9,18H,10H2,1-2H3. The Morgan fingerprint density at radius 1 is 1.17 bits per heavy atom. The number of sulfonamides is 1. The molecular formula is C16H16FNO4S. The van der Waals surface area contributed by atoms with E-state index in [0.29, 0.717) is 5.75 Å². The molecule has 0 atom stereocenters. The molecule has 1 N–H and O–H groups in total. The summed E-state index contributed by atoms with van der Waals surface area (Å²) in [7, 11) is -3.92. The highest BCUT2D eigenvalue weighted by molar-refractivity contribution is 7.89. The van der Waals surface area contributed by atoms with Gasteiger partial charge in [0.05, 0.1) is 4.90 Å². The number of nitrogens with one attached hydrogen (secondary N) is 1. The zero-order valence-electron chi connectivity index (χ0n) is 12.7. The summed E-state index contributed by atoms with van der Waals surface area (Å²) in [6.45, 7) is 2.80. The molecule has 7 heteroatoms. The van der Waals surface area contributed by atoms with Crippen LogP contribution >= 0.6 is 0 Å². The Labute approximate surface area is 134 Å². The number of hydrogen-bond acceptors (Lipinski definition) is 4. The lowest BCUT2D eigenvalue weighted by molar-refractivity contribution is -0.133. The van der Waals surface area contributed by atoms with Crippen LogP contribution in [0.3, 0.4) is 0 Å². The summed E-state index contributed by atoms with van der Waals surface area (Å²) in [4.78, 5) is 11.7. The maximum Gasteiger partial charge on any atom is 0.326 e. The first-order valence-corrected chi connectivity index (χ1v) is 8.29. The Hall–Kier alpha value is -2.25. The Balaban J connectivity index is 2.03. The second-order valence-corrected chi connectivity index (χ2v) is 6.76. The number of ether oxygens (including phenoxy) is 1. The van der Waals surface area contributed by atoms with Gasteiger partial charge in [-0.3, -0.25) is 4.79 Å². The van der Waals surface area contributed by atoms with Crippen LogP contribution in [-0.2, 0) is 14.8 Å². The van der Waals surface area contributed by atoms with E-state index in [2.05, 4.69) is 4.72 Å². The van der Waals surface area contributed by atoms with E-state index in [1.165, 1.54) is 6.92 Å². The van der Waals surface area contributed by atoms with E-state index in [-0.39, 0.29) is 10.5 Å². The van der Waals surface area contributed by atoms with Gasteiger partial charge in [-0.1, -0.05) is 12.1 Å². The third-order valence-corrected chi connectivity index (χ3v) is 4.62. The van der Waals surface area contributed by atoms with E-state index in [0.717, 1.165) is 23.8 Å². The monoisotopic (exact) mass is 337 g/mol. The van der Waals surface area contributed by atoms with Gasteiger partial charge in [-0.2, -0.15) is 4.72 Å². The lowest BCUT2D eigenvalue weighted by Crippen LogP contribution is -2.32. The molecule has 2 aromatic carbocycles. The van der Waals surface area contributed by atoms with Crippen LogP contribution in [0.25, 0.3) is 0 Å². The van der Waals surface area contributed by atoms with E-state index in [1.807, 2.05) is 13.0 Å². The van der Waals surface area contributed by atoms with E-state index in [1.54, 1.807) is 18.2 Å². The molecule has 0 saturated heterocycles. The van der Waals surface area contributed by atoms with E-state index in [4.69, 9.17) is 4.74 Å². The van der Waals surface area contributed by atoms with Crippen molar-refractivity contribution in [3.8, 4) is 5.75 Å². The molecule has 0 radical (unpaired) electrons. The summed E-state index contributed by atoms with van der Waals surface area (Å²) >= 11 is 0. The largest absolute Gasteiger partial charge is 0.426 e. The summed E-state index contributed by atoms with van der Waals surface area (Å²) < 4.78 is 44.5. The lowest BCUT2D eigenvalue weighted by atomic mass is 10.2. The van der Waals surface area contributed by atoms with E-state index in [9.17, 15) is 17.6 Å². The van der Waals surface area contributed by atoms with Gasteiger partial charge in [-0.15, -0.1) is 0 Å². The highest BCUT2D eigenvalue weighted by Crippen LogP contribution is 2.16. The van der Waals surface area contributed by atoms with Crippen LogP contribution in [0.15, 0.2) is 47.4 Å². The minimum Gasteiger partial charge on any atom is -0.426 e. The quantitative estimate of drug-likeness (QED) is 0.671. The molecule has 0 bridgehead atoms. The van der Waals surface area contributed by atoms with Crippen molar-refractivity contribution in [3.05, 3.63) is 59.4 Å². The number of rotatable bonds is 5. The average Bonchev–Trinajstić information content (AvgIpc) is 2.45. The molecule has 0 saturated carbocycles. The van der Waals surface area contributed by atoms with Gasteiger partial charge in [0.15, 0.2) is 0 Å². The molecule has 0 aliphatic rings. The Kier molecular flexibility index (Phi) is 5.12. The molecule has 23 heavy (non-hydrogen) atoms. The van der Waals surface area contributed by atoms with Crippen molar-refractivity contribution in [1.29, 1.82) is 0 Å². The first-order chi connectivity index (χ1) is 10.8. The van der Waals surface area contributed by atoms with E-state index >= 15 is 0 Å². The maximum atomic E-state index is 13.0. The van der Waals surface area contributed by atoms with Crippen molar-refractivity contribution in [1.82, 2.24) is 4.72 Å². The second kappa shape index (κ2) is 6.89. The van der Waals surface area contributed by atoms with Crippen molar-refractivity contribution in [3.63, 3.8) is 0 Å². The van der Waals surface area contributed by atoms with Gasteiger partial charge >= 0.3 is 5.97 Å². The smallest absolute Gasteiger partial charge is 0.326 e. The Morgan fingerprint density at radius 3 is 2.57 bits per heavy atom. The molecule has 0 aliphatic carbocycles. The normalized spacial score (nSPS) is 11.3. The van der Waals surface area contributed by atoms with Crippen molar-refractivity contribution >= 4 is 16.0 Å². The summed E-state index contributed by atoms with van der Waals surface area (Å²) in [5.74, 6) is -0.925. The van der Waals surface area contributed by atoms with Crippen LogP contribution < -0.4 is 9.46 Å². The van der Waals surface area contributed by atoms with Crippen molar-refractivity contribution in [2.24, 2.45) is 0 Å². The van der Waals surface area contributed by atoms with Gasteiger partial charge in [0.1, 0.15) is 18.1 Å². The van der Waals surface area contributed by atoms with Crippen LogP contribution in [0.5, 0.6) is 5.75 Å².